The largest absolute Gasteiger partial charge is 0.348 e. The molecular weight excluding hydrogens is 299 g/mol. The molecule has 1 aromatic heterocycles. The van der Waals surface area contributed by atoms with E-state index in [1.807, 2.05) is 29.6 Å². The molecule has 1 heterocycles. The maximum Gasteiger partial charge on any atom is 0.251 e. The van der Waals surface area contributed by atoms with Gasteiger partial charge in [-0.15, -0.1) is 11.3 Å². The van der Waals surface area contributed by atoms with E-state index >= 15 is 0 Å². The Hall–Kier alpha value is -2.53. The lowest BCUT2D eigenvalue weighted by molar-refractivity contribution is 0.0951. The van der Waals surface area contributed by atoms with E-state index in [1.54, 1.807) is 17.5 Å². The molecule has 5 heteroatoms. The molecule has 110 valence electrons. The number of rotatable bonds is 4. The number of carbonyl (C=O) groups excluding carboxylic acids is 1. The van der Waals surface area contributed by atoms with Crippen molar-refractivity contribution < 1.29 is 9.18 Å². The fraction of sp³-hybridized carbons (Fsp3) is 0.0588. The summed E-state index contributed by atoms with van der Waals surface area (Å²) in [5.41, 5.74) is 2.44. The fourth-order valence-electron chi connectivity index (χ4n) is 2.12. The Bertz CT molecular complexity index is 770. The molecule has 1 amide bonds. The molecule has 0 atom stereocenters. The van der Waals surface area contributed by atoms with E-state index in [0.717, 1.165) is 16.1 Å². The van der Waals surface area contributed by atoms with Gasteiger partial charge in [-0.1, -0.05) is 24.3 Å². The van der Waals surface area contributed by atoms with Crippen LogP contribution in [0.25, 0.3) is 10.6 Å². The van der Waals surface area contributed by atoms with Gasteiger partial charge >= 0.3 is 0 Å². The first-order valence-corrected chi connectivity index (χ1v) is 7.63. The van der Waals surface area contributed by atoms with Crippen LogP contribution in [0.1, 0.15) is 15.9 Å². The van der Waals surface area contributed by atoms with Crippen molar-refractivity contribution in [3.05, 3.63) is 77.1 Å². The van der Waals surface area contributed by atoms with Crippen LogP contribution < -0.4 is 5.32 Å². The molecular formula is C17H13FN2OS. The number of aromatic nitrogens is 1. The fourth-order valence-corrected chi connectivity index (χ4v) is 2.82. The molecule has 0 fully saturated rings. The minimum Gasteiger partial charge on any atom is -0.348 e. The molecule has 1 N–H and O–H groups in total. The van der Waals surface area contributed by atoms with E-state index in [0.29, 0.717) is 12.1 Å². The highest BCUT2D eigenvalue weighted by Gasteiger charge is 2.09. The van der Waals surface area contributed by atoms with Crippen molar-refractivity contribution >= 4 is 17.2 Å². The maximum absolute atomic E-state index is 12.9. The lowest BCUT2D eigenvalue weighted by Crippen LogP contribution is -2.23. The van der Waals surface area contributed by atoms with Crippen molar-refractivity contribution in [3.8, 4) is 10.6 Å². The van der Waals surface area contributed by atoms with Gasteiger partial charge in [0.05, 0.1) is 0 Å². The monoisotopic (exact) mass is 312 g/mol. The first-order chi connectivity index (χ1) is 10.7. The molecule has 3 nitrogen and oxygen atoms in total. The highest BCUT2D eigenvalue weighted by atomic mass is 32.1. The smallest absolute Gasteiger partial charge is 0.251 e. The predicted octanol–water partition coefficient (Wildman–Crippen LogP) is 3.88. The van der Waals surface area contributed by atoms with Crippen molar-refractivity contribution in [2.24, 2.45) is 0 Å². The third kappa shape index (κ3) is 3.20. The zero-order chi connectivity index (χ0) is 15.4. The molecule has 0 aliphatic carbocycles. The van der Waals surface area contributed by atoms with Crippen molar-refractivity contribution in [2.45, 2.75) is 6.54 Å². The van der Waals surface area contributed by atoms with Gasteiger partial charge in [-0.05, 0) is 29.8 Å². The van der Waals surface area contributed by atoms with Crippen molar-refractivity contribution in [1.29, 1.82) is 0 Å². The minimum absolute atomic E-state index is 0.228. The first-order valence-electron chi connectivity index (χ1n) is 6.75. The normalized spacial score (nSPS) is 10.4. The number of hydrogen-bond acceptors (Lipinski definition) is 3. The van der Waals surface area contributed by atoms with Gasteiger partial charge in [-0.2, -0.15) is 0 Å². The zero-order valence-electron chi connectivity index (χ0n) is 11.6. The van der Waals surface area contributed by atoms with Crippen LogP contribution in [0.2, 0.25) is 0 Å². The molecule has 0 unspecified atom stereocenters. The second-order valence-corrected chi connectivity index (χ2v) is 5.58. The maximum atomic E-state index is 12.9. The summed E-state index contributed by atoms with van der Waals surface area (Å²) in [7, 11) is 0. The number of nitrogens with zero attached hydrogens (tertiary/aromatic N) is 1. The number of benzene rings is 2. The van der Waals surface area contributed by atoms with Crippen molar-refractivity contribution in [1.82, 2.24) is 10.3 Å². The molecule has 0 radical (unpaired) electrons. The Labute approximate surface area is 131 Å². The summed E-state index contributed by atoms with van der Waals surface area (Å²) in [5.74, 6) is -0.584. The molecule has 0 bridgehead atoms. The zero-order valence-corrected chi connectivity index (χ0v) is 12.4. The SMILES string of the molecule is O=C(NCc1ccccc1-c1nccs1)c1ccc(F)cc1. The number of hydrogen-bond donors (Lipinski definition) is 1. The first kappa shape index (κ1) is 14.4. The summed E-state index contributed by atoms with van der Waals surface area (Å²) >= 11 is 1.56. The molecule has 2 aromatic carbocycles. The van der Waals surface area contributed by atoms with Gasteiger partial charge in [0.15, 0.2) is 0 Å². The second kappa shape index (κ2) is 6.49. The Morgan fingerprint density at radius 1 is 1.14 bits per heavy atom. The van der Waals surface area contributed by atoms with Crippen LogP contribution in [0, 0.1) is 5.82 Å². The third-order valence-corrected chi connectivity index (χ3v) is 4.03. The Morgan fingerprint density at radius 2 is 1.91 bits per heavy atom. The van der Waals surface area contributed by atoms with Crippen LogP contribution in [0.4, 0.5) is 4.39 Å². The lowest BCUT2D eigenvalue weighted by Gasteiger charge is -2.09. The van der Waals surface area contributed by atoms with Gasteiger partial charge < -0.3 is 5.32 Å². The van der Waals surface area contributed by atoms with Crippen LogP contribution in [0.5, 0.6) is 0 Å². The van der Waals surface area contributed by atoms with E-state index < -0.39 is 0 Å². The van der Waals surface area contributed by atoms with Crippen LogP contribution >= 0.6 is 11.3 Å². The average Bonchev–Trinajstić information content (AvgIpc) is 3.08. The summed E-state index contributed by atoms with van der Waals surface area (Å²) in [5, 5.41) is 5.70. The Kier molecular flexibility index (Phi) is 4.25. The number of amides is 1. The Balaban J connectivity index is 1.74. The van der Waals surface area contributed by atoms with Gasteiger partial charge in [0, 0.05) is 29.2 Å². The van der Waals surface area contributed by atoms with Crippen LogP contribution in [-0.4, -0.2) is 10.9 Å². The Morgan fingerprint density at radius 3 is 2.64 bits per heavy atom. The van der Waals surface area contributed by atoms with Crippen molar-refractivity contribution in [2.75, 3.05) is 0 Å². The van der Waals surface area contributed by atoms with Gasteiger partial charge in [0.2, 0.25) is 0 Å². The summed E-state index contributed by atoms with van der Waals surface area (Å²) in [6.07, 6.45) is 1.76. The van der Waals surface area contributed by atoms with Crippen LogP contribution in [0.3, 0.4) is 0 Å². The van der Waals surface area contributed by atoms with Gasteiger partial charge in [-0.25, -0.2) is 9.37 Å². The molecule has 3 rings (SSSR count). The summed E-state index contributed by atoms with van der Waals surface area (Å²) in [4.78, 5) is 16.4. The summed E-state index contributed by atoms with van der Waals surface area (Å²) in [6.45, 7) is 0.395. The average molecular weight is 312 g/mol. The molecule has 0 aliphatic rings. The predicted molar refractivity (Wildman–Crippen MR) is 85.1 cm³/mol. The van der Waals surface area contributed by atoms with Gasteiger partial charge in [0.25, 0.3) is 5.91 Å². The molecule has 3 aromatic rings. The number of nitrogens with one attached hydrogen (secondary N) is 1. The topological polar surface area (TPSA) is 42.0 Å². The van der Waals surface area contributed by atoms with E-state index in [4.69, 9.17) is 0 Å². The lowest BCUT2D eigenvalue weighted by atomic mass is 10.1. The van der Waals surface area contributed by atoms with E-state index in [-0.39, 0.29) is 11.7 Å². The van der Waals surface area contributed by atoms with E-state index in [2.05, 4.69) is 10.3 Å². The van der Waals surface area contributed by atoms with Crippen LogP contribution in [-0.2, 0) is 6.54 Å². The molecule has 0 aliphatic heterocycles. The highest BCUT2D eigenvalue weighted by Crippen LogP contribution is 2.25. The van der Waals surface area contributed by atoms with E-state index in [9.17, 15) is 9.18 Å². The van der Waals surface area contributed by atoms with Crippen molar-refractivity contribution in [3.63, 3.8) is 0 Å². The number of halogens is 1. The van der Waals surface area contributed by atoms with E-state index in [1.165, 1.54) is 24.3 Å². The standard InChI is InChI=1S/C17H13FN2OS/c18-14-7-5-12(6-8-14)16(21)20-11-13-3-1-2-4-15(13)17-19-9-10-22-17/h1-10H,11H2,(H,20,21). The number of carbonyl (C=O) groups is 1. The van der Waals surface area contributed by atoms with Gasteiger partial charge in [0.1, 0.15) is 10.8 Å². The van der Waals surface area contributed by atoms with Crippen LogP contribution in [0.15, 0.2) is 60.1 Å². The highest BCUT2D eigenvalue weighted by molar-refractivity contribution is 7.13. The quantitative estimate of drug-likeness (QED) is 0.794. The summed E-state index contributed by atoms with van der Waals surface area (Å²) in [6, 6.07) is 13.3. The third-order valence-electron chi connectivity index (χ3n) is 3.23. The number of thiazole rings is 1. The molecule has 0 saturated carbocycles. The summed E-state index contributed by atoms with van der Waals surface area (Å²) < 4.78 is 12.9. The molecule has 0 spiro atoms. The molecule has 22 heavy (non-hydrogen) atoms. The second-order valence-electron chi connectivity index (χ2n) is 4.68. The van der Waals surface area contributed by atoms with Gasteiger partial charge in [-0.3, -0.25) is 4.79 Å². The minimum atomic E-state index is -0.356. The molecule has 0 saturated heterocycles.